The van der Waals surface area contributed by atoms with Crippen LogP contribution in [0.3, 0.4) is 0 Å². The first-order valence-electron chi connectivity index (χ1n) is 9.07. The van der Waals surface area contributed by atoms with Gasteiger partial charge in [0.25, 0.3) is 5.91 Å². The van der Waals surface area contributed by atoms with Gasteiger partial charge in [-0.2, -0.15) is 13.2 Å². The van der Waals surface area contributed by atoms with Crippen molar-refractivity contribution in [3.8, 4) is 11.5 Å². The molecule has 3 aromatic carbocycles. The molecule has 1 aromatic heterocycles. The Kier molecular flexibility index (Phi) is 5.43. The van der Waals surface area contributed by atoms with Crippen LogP contribution in [-0.4, -0.2) is 15.9 Å². The Bertz CT molecular complexity index is 1300. The maximum absolute atomic E-state index is 14.5. The molecule has 0 spiro atoms. The normalized spacial score (nSPS) is 11.4. The van der Waals surface area contributed by atoms with Crippen molar-refractivity contribution < 1.29 is 31.5 Å². The second-order valence-electron chi connectivity index (χ2n) is 6.61. The smallest absolute Gasteiger partial charge is 0.416 e. The Morgan fingerprint density at radius 1 is 0.875 bits per heavy atom. The molecule has 1 heterocycles. The first-order chi connectivity index (χ1) is 15.2. The van der Waals surface area contributed by atoms with E-state index in [2.05, 4.69) is 15.3 Å². The van der Waals surface area contributed by atoms with Crippen LogP contribution >= 0.6 is 0 Å². The molecule has 1 N–H and O–H groups in total. The SMILES string of the molecule is O=C(Nc1cc(F)c(Oc2ccc3nccnc3c2)c(F)c1)c1cccc(C(F)(F)F)c1. The lowest BCUT2D eigenvalue weighted by molar-refractivity contribution is -0.137. The number of nitrogens with one attached hydrogen (secondary N) is 1. The van der Waals surface area contributed by atoms with Crippen molar-refractivity contribution in [1.29, 1.82) is 0 Å². The number of alkyl halides is 3. The molecule has 0 unspecified atom stereocenters. The Morgan fingerprint density at radius 3 is 2.25 bits per heavy atom. The van der Waals surface area contributed by atoms with Gasteiger partial charge in [0.15, 0.2) is 17.4 Å². The fraction of sp³-hybridized carbons (Fsp3) is 0.0455. The van der Waals surface area contributed by atoms with Crippen molar-refractivity contribution >= 4 is 22.6 Å². The minimum Gasteiger partial charge on any atom is -0.451 e. The van der Waals surface area contributed by atoms with Crippen molar-refractivity contribution in [3.05, 3.63) is 89.8 Å². The van der Waals surface area contributed by atoms with Crippen molar-refractivity contribution in [1.82, 2.24) is 9.97 Å². The van der Waals surface area contributed by atoms with Gasteiger partial charge < -0.3 is 10.1 Å². The number of fused-ring (bicyclic) bond motifs is 1. The summed E-state index contributed by atoms with van der Waals surface area (Å²) < 4.78 is 72.7. The number of carbonyl (C=O) groups excluding carboxylic acids is 1. The summed E-state index contributed by atoms with van der Waals surface area (Å²) in [5.74, 6) is -3.81. The van der Waals surface area contributed by atoms with E-state index in [-0.39, 0.29) is 17.0 Å². The summed E-state index contributed by atoms with van der Waals surface area (Å²) in [5.41, 5.74) is -0.618. The number of rotatable bonds is 4. The van der Waals surface area contributed by atoms with Crippen LogP contribution in [0.1, 0.15) is 15.9 Å². The van der Waals surface area contributed by atoms with Gasteiger partial charge in [0.1, 0.15) is 5.75 Å². The number of hydrogen-bond donors (Lipinski definition) is 1. The molecule has 0 fully saturated rings. The molecule has 0 aliphatic heterocycles. The van der Waals surface area contributed by atoms with E-state index in [1.54, 1.807) is 6.07 Å². The zero-order valence-corrected chi connectivity index (χ0v) is 16.0. The molecule has 32 heavy (non-hydrogen) atoms. The minimum atomic E-state index is -4.64. The second-order valence-corrected chi connectivity index (χ2v) is 6.61. The van der Waals surface area contributed by atoms with E-state index in [4.69, 9.17) is 4.74 Å². The van der Waals surface area contributed by atoms with Gasteiger partial charge >= 0.3 is 6.18 Å². The van der Waals surface area contributed by atoms with Crippen LogP contribution in [0.2, 0.25) is 0 Å². The van der Waals surface area contributed by atoms with E-state index in [1.807, 2.05) is 0 Å². The summed E-state index contributed by atoms with van der Waals surface area (Å²) in [6.07, 6.45) is -1.69. The molecule has 162 valence electrons. The highest BCUT2D eigenvalue weighted by molar-refractivity contribution is 6.04. The molecule has 0 bridgehead atoms. The lowest BCUT2D eigenvalue weighted by Crippen LogP contribution is -2.14. The van der Waals surface area contributed by atoms with E-state index in [0.29, 0.717) is 17.1 Å². The zero-order chi connectivity index (χ0) is 22.9. The van der Waals surface area contributed by atoms with Crippen molar-refractivity contribution in [2.45, 2.75) is 6.18 Å². The number of carbonyl (C=O) groups is 1. The summed E-state index contributed by atoms with van der Waals surface area (Å²) in [5, 5.41) is 2.17. The van der Waals surface area contributed by atoms with Gasteiger partial charge in [-0.15, -0.1) is 0 Å². The molecule has 0 radical (unpaired) electrons. The van der Waals surface area contributed by atoms with E-state index >= 15 is 0 Å². The molecular formula is C22H12F5N3O2. The Balaban J connectivity index is 1.55. The highest BCUT2D eigenvalue weighted by atomic mass is 19.4. The number of benzene rings is 3. The van der Waals surface area contributed by atoms with Crippen LogP contribution in [0, 0.1) is 11.6 Å². The van der Waals surface area contributed by atoms with Crippen molar-refractivity contribution in [2.75, 3.05) is 5.32 Å². The highest BCUT2D eigenvalue weighted by Crippen LogP contribution is 2.32. The van der Waals surface area contributed by atoms with Crippen LogP contribution < -0.4 is 10.1 Å². The average molecular weight is 445 g/mol. The molecule has 0 atom stereocenters. The van der Waals surface area contributed by atoms with Gasteiger partial charge in [0.05, 0.1) is 16.6 Å². The fourth-order valence-corrected chi connectivity index (χ4v) is 2.89. The molecule has 0 saturated heterocycles. The third kappa shape index (κ3) is 4.48. The number of ether oxygens (including phenoxy) is 1. The number of amides is 1. The summed E-state index contributed by atoms with van der Waals surface area (Å²) >= 11 is 0. The third-order valence-electron chi connectivity index (χ3n) is 4.37. The zero-order valence-electron chi connectivity index (χ0n) is 16.0. The summed E-state index contributed by atoms with van der Waals surface area (Å²) in [4.78, 5) is 20.4. The molecule has 0 saturated carbocycles. The molecule has 0 aliphatic rings. The van der Waals surface area contributed by atoms with E-state index < -0.39 is 35.0 Å². The Hall–Kier alpha value is -4.08. The number of halogens is 5. The summed E-state index contributed by atoms with van der Waals surface area (Å²) in [6.45, 7) is 0. The Morgan fingerprint density at radius 2 is 1.56 bits per heavy atom. The maximum atomic E-state index is 14.5. The number of aromatic nitrogens is 2. The highest BCUT2D eigenvalue weighted by Gasteiger charge is 2.31. The van der Waals surface area contributed by atoms with Gasteiger partial charge in [0.2, 0.25) is 0 Å². The number of nitrogens with zero attached hydrogens (tertiary/aromatic N) is 2. The van der Waals surface area contributed by atoms with E-state index in [9.17, 15) is 26.7 Å². The lowest BCUT2D eigenvalue weighted by Gasteiger charge is -2.12. The largest absolute Gasteiger partial charge is 0.451 e. The molecule has 0 aliphatic carbocycles. The van der Waals surface area contributed by atoms with Crippen LogP contribution in [0.4, 0.5) is 27.6 Å². The average Bonchev–Trinajstić information content (AvgIpc) is 2.75. The molecule has 5 nitrogen and oxygen atoms in total. The van der Waals surface area contributed by atoms with Crippen molar-refractivity contribution in [3.63, 3.8) is 0 Å². The van der Waals surface area contributed by atoms with Crippen molar-refractivity contribution in [2.24, 2.45) is 0 Å². The maximum Gasteiger partial charge on any atom is 0.416 e. The molecule has 10 heteroatoms. The lowest BCUT2D eigenvalue weighted by atomic mass is 10.1. The van der Waals surface area contributed by atoms with Gasteiger partial charge in [-0.25, -0.2) is 8.78 Å². The van der Waals surface area contributed by atoms with Crippen LogP contribution in [0.15, 0.2) is 67.0 Å². The predicted molar refractivity (Wildman–Crippen MR) is 105 cm³/mol. The Labute approximate surface area is 177 Å². The first kappa shape index (κ1) is 21.2. The molecular weight excluding hydrogens is 433 g/mol. The van der Waals surface area contributed by atoms with Crippen LogP contribution in [0.25, 0.3) is 11.0 Å². The minimum absolute atomic E-state index is 0.108. The monoisotopic (exact) mass is 445 g/mol. The van der Waals surface area contributed by atoms with Gasteiger partial charge in [-0.05, 0) is 30.3 Å². The quantitative estimate of drug-likeness (QED) is 0.393. The topological polar surface area (TPSA) is 64.1 Å². The third-order valence-corrected chi connectivity index (χ3v) is 4.37. The van der Waals surface area contributed by atoms with Gasteiger partial charge in [-0.3, -0.25) is 14.8 Å². The van der Waals surface area contributed by atoms with Crippen LogP contribution in [-0.2, 0) is 6.18 Å². The predicted octanol–water partition coefficient (Wildman–Crippen LogP) is 5.97. The molecule has 4 rings (SSSR count). The van der Waals surface area contributed by atoms with E-state index in [1.165, 1.54) is 24.5 Å². The summed E-state index contributed by atoms with van der Waals surface area (Å²) in [6, 6.07) is 9.72. The van der Waals surface area contributed by atoms with E-state index in [0.717, 1.165) is 30.3 Å². The fourth-order valence-electron chi connectivity index (χ4n) is 2.89. The standard InChI is InChI=1S/C22H12F5N3O2/c23-16-9-14(30-21(31)12-2-1-3-13(8-12)22(25,26)27)10-17(24)20(16)32-15-4-5-18-19(11-15)29-7-6-28-18/h1-11H,(H,30,31). The molecule has 1 amide bonds. The number of anilines is 1. The summed E-state index contributed by atoms with van der Waals surface area (Å²) in [7, 11) is 0. The second kappa shape index (κ2) is 8.22. The van der Waals surface area contributed by atoms with Crippen LogP contribution in [0.5, 0.6) is 11.5 Å². The first-order valence-corrected chi connectivity index (χ1v) is 9.07. The van der Waals surface area contributed by atoms with Gasteiger partial charge in [0, 0.05) is 41.8 Å². The van der Waals surface area contributed by atoms with Gasteiger partial charge in [-0.1, -0.05) is 6.07 Å². The molecule has 4 aromatic rings. The number of hydrogen-bond acceptors (Lipinski definition) is 4.